The lowest BCUT2D eigenvalue weighted by molar-refractivity contribution is -0.133. The molecular formula is C21H22FN3O2. The van der Waals surface area contributed by atoms with Crippen molar-refractivity contribution >= 4 is 16.9 Å². The zero-order valence-electron chi connectivity index (χ0n) is 15.0. The van der Waals surface area contributed by atoms with Gasteiger partial charge in [-0.1, -0.05) is 35.5 Å². The van der Waals surface area contributed by atoms with Gasteiger partial charge in [-0.25, -0.2) is 4.39 Å². The molecule has 0 bridgehead atoms. The van der Waals surface area contributed by atoms with E-state index in [0.717, 1.165) is 29.5 Å². The number of rotatable bonds is 4. The van der Waals surface area contributed by atoms with Gasteiger partial charge in [0.2, 0.25) is 5.91 Å². The fourth-order valence-electron chi connectivity index (χ4n) is 3.79. The van der Waals surface area contributed by atoms with Crippen LogP contribution in [-0.2, 0) is 11.2 Å². The van der Waals surface area contributed by atoms with Crippen LogP contribution in [0.2, 0.25) is 0 Å². The molecule has 1 fully saturated rings. The fourth-order valence-corrected chi connectivity index (χ4v) is 3.79. The van der Waals surface area contributed by atoms with E-state index < -0.39 is 6.04 Å². The molecule has 27 heavy (non-hydrogen) atoms. The van der Waals surface area contributed by atoms with Gasteiger partial charge in [0.15, 0.2) is 5.58 Å². The number of hydrogen-bond donors (Lipinski definition) is 1. The number of nitrogens with zero attached hydrogens (tertiary/aromatic N) is 2. The normalized spacial score (nSPS) is 16.6. The van der Waals surface area contributed by atoms with Gasteiger partial charge in [-0.05, 0) is 37.0 Å². The molecule has 4 rings (SSSR count). The molecule has 0 aliphatic carbocycles. The molecule has 6 heteroatoms. The number of likely N-dealkylation sites (tertiary alicyclic amines) is 1. The SMILES string of the molecule is N[C@@H](Cc1ccccc1)C(=O)N1CCC(c2noc3cc(F)ccc23)CC1. The van der Waals surface area contributed by atoms with Gasteiger partial charge < -0.3 is 15.2 Å². The molecule has 1 aliphatic heterocycles. The Morgan fingerprint density at radius 2 is 1.96 bits per heavy atom. The van der Waals surface area contributed by atoms with E-state index in [1.165, 1.54) is 12.1 Å². The highest BCUT2D eigenvalue weighted by Crippen LogP contribution is 2.32. The Bertz CT molecular complexity index is 933. The molecule has 0 saturated carbocycles. The molecule has 2 N–H and O–H groups in total. The number of fused-ring (bicyclic) bond motifs is 1. The Hall–Kier alpha value is -2.73. The molecule has 1 amide bonds. The molecule has 1 aromatic heterocycles. The van der Waals surface area contributed by atoms with Crippen molar-refractivity contribution in [3.63, 3.8) is 0 Å². The highest BCUT2D eigenvalue weighted by atomic mass is 19.1. The first kappa shape index (κ1) is 17.7. The Kier molecular flexibility index (Phi) is 4.90. The van der Waals surface area contributed by atoms with Gasteiger partial charge in [-0.15, -0.1) is 0 Å². The maximum absolute atomic E-state index is 13.3. The van der Waals surface area contributed by atoms with Crippen LogP contribution in [0.1, 0.15) is 30.0 Å². The molecule has 0 radical (unpaired) electrons. The minimum Gasteiger partial charge on any atom is -0.356 e. The number of benzene rings is 2. The summed E-state index contributed by atoms with van der Waals surface area (Å²) in [5.41, 5.74) is 8.53. The topological polar surface area (TPSA) is 72.4 Å². The summed E-state index contributed by atoms with van der Waals surface area (Å²) >= 11 is 0. The number of carbonyl (C=O) groups excluding carboxylic acids is 1. The van der Waals surface area contributed by atoms with Crippen molar-refractivity contribution in [1.29, 1.82) is 0 Å². The minimum absolute atomic E-state index is 0.00983. The Labute approximate surface area is 156 Å². The van der Waals surface area contributed by atoms with Crippen LogP contribution < -0.4 is 5.73 Å². The van der Waals surface area contributed by atoms with Gasteiger partial charge in [-0.3, -0.25) is 4.79 Å². The average Bonchev–Trinajstić information content (AvgIpc) is 3.11. The average molecular weight is 367 g/mol. The summed E-state index contributed by atoms with van der Waals surface area (Å²) in [7, 11) is 0. The number of hydrogen-bond acceptors (Lipinski definition) is 4. The molecule has 2 heterocycles. The predicted octanol–water partition coefficient (Wildman–Crippen LogP) is 3.24. The van der Waals surface area contributed by atoms with Crippen molar-refractivity contribution in [2.75, 3.05) is 13.1 Å². The Balaban J connectivity index is 1.38. The van der Waals surface area contributed by atoms with Crippen molar-refractivity contribution in [2.24, 2.45) is 5.73 Å². The molecule has 3 aromatic rings. The maximum atomic E-state index is 13.3. The second-order valence-corrected chi connectivity index (χ2v) is 7.10. The van der Waals surface area contributed by atoms with Crippen LogP contribution in [-0.4, -0.2) is 35.1 Å². The second-order valence-electron chi connectivity index (χ2n) is 7.10. The first-order valence-corrected chi connectivity index (χ1v) is 9.25. The fraction of sp³-hybridized carbons (Fsp3) is 0.333. The monoisotopic (exact) mass is 367 g/mol. The first-order valence-electron chi connectivity index (χ1n) is 9.25. The zero-order valence-corrected chi connectivity index (χ0v) is 15.0. The molecule has 2 aromatic carbocycles. The highest BCUT2D eigenvalue weighted by Gasteiger charge is 2.29. The Morgan fingerprint density at radius 1 is 1.22 bits per heavy atom. The standard InChI is InChI=1S/C21H22FN3O2/c22-16-6-7-17-19(13-16)27-24-20(17)15-8-10-25(11-9-15)21(26)18(23)12-14-4-2-1-3-5-14/h1-7,13,15,18H,8-12,23H2/t18-/m0/s1. The molecule has 0 spiro atoms. The summed E-state index contributed by atoms with van der Waals surface area (Å²) < 4.78 is 18.6. The summed E-state index contributed by atoms with van der Waals surface area (Å²) in [4.78, 5) is 14.5. The second kappa shape index (κ2) is 7.48. The van der Waals surface area contributed by atoms with Gasteiger partial charge in [-0.2, -0.15) is 0 Å². The third-order valence-corrected chi connectivity index (χ3v) is 5.27. The van der Waals surface area contributed by atoms with E-state index in [-0.39, 0.29) is 17.6 Å². The lowest BCUT2D eigenvalue weighted by Crippen LogP contribution is -2.47. The third kappa shape index (κ3) is 3.71. The number of nitrogens with two attached hydrogens (primary N) is 1. The van der Waals surface area contributed by atoms with Gasteiger partial charge in [0, 0.05) is 30.5 Å². The highest BCUT2D eigenvalue weighted by molar-refractivity contribution is 5.82. The molecule has 5 nitrogen and oxygen atoms in total. The van der Waals surface area contributed by atoms with Crippen LogP contribution in [0.25, 0.3) is 11.0 Å². The Morgan fingerprint density at radius 3 is 2.70 bits per heavy atom. The van der Waals surface area contributed by atoms with Crippen molar-refractivity contribution in [1.82, 2.24) is 10.1 Å². The van der Waals surface area contributed by atoms with E-state index in [2.05, 4.69) is 5.16 Å². The number of piperidine rings is 1. The smallest absolute Gasteiger partial charge is 0.239 e. The largest absolute Gasteiger partial charge is 0.356 e. The van der Waals surface area contributed by atoms with Gasteiger partial charge in [0.1, 0.15) is 5.82 Å². The predicted molar refractivity (Wildman–Crippen MR) is 101 cm³/mol. The molecule has 0 unspecified atom stereocenters. The number of amides is 1. The summed E-state index contributed by atoms with van der Waals surface area (Å²) in [6, 6.07) is 13.8. The number of halogens is 1. The minimum atomic E-state index is -0.528. The van der Waals surface area contributed by atoms with Crippen molar-refractivity contribution < 1.29 is 13.7 Å². The van der Waals surface area contributed by atoms with Crippen molar-refractivity contribution in [2.45, 2.75) is 31.2 Å². The lowest BCUT2D eigenvalue weighted by Gasteiger charge is -2.33. The van der Waals surface area contributed by atoms with E-state index in [1.54, 1.807) is 6.07 Å². The lowest BCUT2D eigenvalue weighted by atomic mass is 9.91. The van der Waals surface area contributed by atoms with E-state index in [0.29, 0.717) is 25.1 Å². The molecule has 1 atom stereocenters. The quantitative estimate of drug-likeness (QED) is 0.768. The van der Waals surface area contributed by atoms with Crippen LogP contribution >= 0.6 is 0 Å². The van der Waals surface area contributed by atoms with E-state index >= 15 is 0 Å². The van der Waals surface area contributed by atoms with E-state index in [4.69, 9.17) is 10.3 Å². The van der Waals surface area contributed by atoms with Gasteiger partial charge >= 0.3 is 0 Å². The molecular weight excluding hydrogens is 345 g/mol. The maximum Gasteiger partial charge on any atom is 0.239 e. The first-order chi connectivity index (χ1) is 13.1. The van der Waals surface area contributed by atoms with Gasteiger partial charge in [0.05, 0.1) is 11.7 Å². The van der Waals surface area contributed by atoms with Crippen LogP contribution in [0, 0.1) is 5.82 Å². The summed E-state index contributed by atoms with van der Waals surface area (Å²) in [6.45, 7) is 1.28. The summed E-state index contributed by atoms with van der Waals surface area (Å²) in [5, 5.41) is 5.00. The van der Waals surface area contributed by atoms with Crippen molar-refractivity contribution in [3.8, 4) is 0 Å². The zero-order chi connectivity index (χ0) is 18.8. The van der Waals surface area contributed by atoms with Crippen LogP contribution in [0.4, 0.5) is 4.39 Å². The summed E-state index contributed by atoms with van der Waals surface area (Å²) in [6.07, 6.45) is 2.13. The van der Waals surface area contributed by atoms with E-state index in [9.17, 15) is 9.18 Å². The molecule has 1 aliphatic rings. The number of aromatic nitrogens is 1. The molecule has 1 saturated heterocycles. The van der Waals surface area contributed by atoms with Gasteiger partial charge in [0.25, 0.3) is 0 Å². The van der Waals surface area contributed by atoms with Crippen LogP contribution in [0.5, 0.6) is 0 Å². The van der Waals surface area contributed by atoms with E-state index in [1.807, 2.05) is 35.2 Å². The van der Waals surface area contributed by atoms with Crippen LogP contribution in [0.15, 0.2) is 53.1 Å². The third-order valence-electron chi connectivity index (χ3n) is 5.27. The number of carbonyl (C=O) groups is 1. The molecule has 140 valence electrons. The van der Waals surface area contributed by atoms with Crippen LogP contribution in [0.3, 0.4) is 0 Å². The van der Waals surface area contributed by atoms with Crippen molar-refractivity contribution in [3.05, 3.63) is 65.6 Å². The summed E-state index contributed by atoms with van der Waals surface area (Å²) in [5.74, 6) is -0.145.